The van der Waals surface area contributed by atoms with Crippen molar-refractivity contribution in [2.75, 3.05) is 11.4 Å². The van der Waals surface area contributed by atoms with Crippen molar-refractivity contribution in [1.29, 1.82) is 0 Å². The summed E-state index contributed by atoms with van der Waals surface area (Å²) in [5, 5.41) is 0. The molecule has 1 aromatic carbocycles. The van der Waals surface area contributed by atoms with Crippen LogP contribution >= 0.6 is 0 Å². The number of carbonyl (C=O) groups is 1. The van der Waals surface area contributed by atoms with E-state index >= 15 is 0 Å². The van der Waals surface area contributed by atoms with Gasteiger partial charge >= 0.3 is 0 Å². The molecule has 0 aromatic heterocycles. The van der Waals surface area contributed by atoms with E-state index in [1.807, 2.05) is 17.0 Å². The third kappa shape index (κ3) is 0.804. The Balaban J connectivity index is 2.18. The highest BCUT2D eigenvalue weighted by molar-refractivity contribution is 5.82. The van der Waals surface area contributed by atoms with Crippen molar-refractivity contribution in [3.63, 3.8) is 0 Å². The van der Waals surface area contributed by atoms with E-state index in [0.717, 1.165) is 18.6 Å². The van der Waals surface area contributed by atoms with Crippen LogP contribution < -0.4 is 4.90 Å². The number of nitrogens with zero attached hydrogens (tertiary/aromatic N) is 1. The van der Waals surface area contributed by atoms with Crippen LogP contribution in [0.4, 0.5) is 5.69 Å². The van der Waals surface area contributed by atoms with Crippen molar-refractivity contribution >= 4 is 12.1 Å². The molecular weight excluding hydrogens is 162 g/mol. The Labute approximate surface area is 77.2 Å². The molecule has 0 unspecified atom stereocenters. The van der Waals surface area contributed by atoms with E-state index in [0.29, 0.717) is 5.41 Å². The molecule has 0 N–H and O–H groups in total. The van der Waals surface area contributed by atoms with Crippen molar-refractivity contribution in [3.8, 4) is 0 Å². The van der Waals surface area contributed by atoms with Gasteiger partial charge in [0.2, 0.25) is 6.41 Å². The zero-order valence-corrected chi connectivity index (χ0v) is 7.36. The maximum Gasteiger partial charge on any atom is 0.214 e. The number of hydrogen-bond donors (Lipinski definition) is 0. The molecule has 1 fully saturated rings. The summed E-state index contributed by atoms with van der Waals surface area (Å²) < 4.78 is 0. The minimum atomic E-state index is 0.345. The molecule has 2 nitrogen and oxygen atoms in total. The van der Waals surface area contributed by atoms with Crippen molar-refractivity contribution in [3.05, 3.63) is 29.8 Å². The lowest BCUT2D eigenvalue weighted by molar-refractivity contribution is -0.107. The monoisotopic (exact) mass is 173 g/mol. The zero-order chi connectivity index (χ0) is 8.89. The molecule has 2 aliphatic rings. The van der Waals surface area contributed by atoms with Gasteiger partial charge in [0.05, 0.1) is 0 Å². The van der Waals surface area contributed by atoms with Crippen LogP contribution in [-0.4, -0.2) is 13.0 Å². The van der Waals surface area contributed by atoms with E-state index in [1.54, 1.807) is 0 Å². The van der Waals surface area contributed by atoms with Gasteiger partial charge < -0.3 is 4.90 Å². The summed E-state index contributed by atoms with van der Waals surface area (Å²) in [6, 6.07) is 8.26. The van der Waals surface area contributed by atoms with Crippen molar-refractivity contribution in [2.45, 2.75) is 18.3 Å². The second kappa shape index (κ2) is 2.13. The minimum Gasteiger partial charge on any atom is -0.314 e. The van der Waals surface area contributed by atoms with Crippen LogP contribution in [0.15, 0.2) is 24.3 Å². The second-order valence-electron chi connectivity index (χ2n) is 4.03. The van der Waals surface area contributed by atoms with Gasteiger partial charge in [-0.3, -0.25) is 4.79 Å². The first-order valence-corrected chi connectivity index (χ1v) is 4.67. The largest absolute Gasteiger partial charge is 0.314 e. The van der Waals surface area contributed by atoms with E-state index in [-0.39, 0.29) is 0 Å². The lowest BCUT2D eigenvalue weighted by Crippen LogP contribution is -2.22. The summed E-state index contributed by atoms with van der Waals surface area (Å²) in [5.74, 6) is 0. The van der Waals surface area contributed by atoms with Crippen molar-refractivity contribution in [1.82, 2.24) is 0 Å². The van der Waals surface area contributed by atoms with Crippen molar-refractivity contribution < 1.29 is 4.79 Å². The number of fused-ring (bicyclic) bond motifs is 2. The minimum absolute atomic E-state index is 0.345. The van der Waals surface area contributed by atoms with E-state index in [9.17, 15) is 4.79 Å². The van der Waals surface area contributed by atoms with Gasteiger partial charge in [-0.25, -0.2) is 0 Å². The summed E-state index contributed by atoms with van der Waals surface area (Å²) >= 11 is 0. The fourth-order valence-electron chi connectivity index (χ4n) is 2.34. The van der Waals surface area contributed by atoms with Gasteiger partial charge in [-0.05, 0) is 24.5 Å². The Morgan fingerprint density at radius 1 is 1.31 bits per heavy atom. The van der Waals surface area contributed by atoms with Gasteiger partial charge in [-0.1, -0.05) is 18.2 Å². The summed E-state index contributed by atoms with van der Waals surface area (Å²) in [6.07, 6.45) is 3.44. The molecule has 0 radical (unpaired) electrons. The van der Waals surface area contributed by atoms with E-state index in [2.05, 4.69) is 12.1 Å². The number of anilines is 1. The Hall–Kier alpha value is -1.31. The predicted octanol–water partition coefficient (Wildman–Crippen LogP) is 1.69. The molecule has 0 atom stereocenters. The molecule has 1 saturated carbocycles. The lowest BCUT2D eigenvalue weighted by Gasteiger charge is -2.09. The fraction of sp³-hybridized carbons (Fsp3) is 0.364. The average Bonchev–Trinajstić information content (AvgIpc) is 2.87. The fourth-order valence-corrected chi connectivity index (χ4v) is 2.34. The third-order valence-electron chi connectivity index (χ3n) is 3.24. The Bertz CT molecular complexity index is 368. The molecule has 2 heteroatoms. The summed E-state index contributed by atoms with van der Waals surface area (Å²) in [7, 11) is 0. The number of carbonyl (C=O) groups excluding carboxylic acids is 1. The van der Waals surface area contributed by atoms with Gasteiger partial charge in [-0.2, -0.15) is 0 Å². The van der Waals surface area contributed by atoms with E-state index in [1.165, 1.54) is 18.4 Å². The van der Waals surface area contributed by atoms with Gasteiger partial charge in [0.25, 0.3) is 0 Å². The van der Waals surface area contributed by atoms with Crippen LogP contribution in [0.5, 0.6) is 0 Å². The highest BCUT2D eigenvalue weighted by Crippen LogP contribution is 2.55. The predicted molar refractivity (Wildman–Crippen MR) is 50.8 cm³/mol. The standard InChI is InChI=1S/C11H11NO/c13-8-12-7-11(5-6-11)9-3-1-2-4-10(9)12/h1-4,8H,5-7H2. The second-order valence-corrected chi connectivity index (χ2v) is 4.03. The molecule has 1 aliphatic carbocycles. The Morgan fingerprint density at radius 3 is 2.77 bits per heavy atom. The molecule has 66 valence electrons. The highest BCUT2D eigenvalue weighted by Gasteiger charge is 2.51. The average molecular weight is 173 g/mol. The lowest BCUT2D eigenvalue weighted by atomic mass is 9.99. The Morgan fingerprint density at radius 2 is 2.08 bits per heavy atom. The third-order valence-corrected chi connectivity index (χ3v) is 3.24. The molecule has 1 aliphatic heterocycles. The normalized spacial score (nSPS) is 21.7. The first-order valence-electron chi connectivity index (χ1n) is 4.67. The molecule has 1 heterocycles. The number of para-hydroxylation sites is 1. The van der Waals surface area contributed by atoms with E-state index in [4.69, 9.17) is 0 Å². The van der Waals surface area contributed by atoms with E-state index < -0.39 is 0 Å². The van der Waals surface area contributed by atoms with Crippen LogP contribution in [0.1, 0.15) is 18.4 Å². The maximum atomic E-state index is 10.8. The summed E-state index contributed by atoms with van der Waals surface area (Å²) in [6.45, 7) is 0.899. The maximum absolute atomic E-state index is 10.8. The number of rotatable bonds is 1. The van der Waals surface area contributed by atoms with Crippen LogP contribution in [0.2, 0.25) is 0 Å². The molecule has 1 spiro atoms. The first-order chi connectivity index (χ1) is 6.36. The number of hydrogen-bond acceptors (Lipinski definition) is 1. The van der Waals surface area contributed by atoms with Crippen LogP contribution in [0.25, 0.3) is 0 Å². The van der Waals surface area contributed by atoms with Gasteiger partial charge in [0, 0.05) is 17.6 Å². The summed E-state index contributed by atoms with van der Waals surface area (Å²) in [5.41, 5.74) is 2.84. The quantitative estimate of drug-likeness (QED) is 0.592. The van der Waals surface area contributed by atoms with Gasteiger partial charge in [-0.15, -0.1) is 0 Å². The molecule has 13 heavy (non-hydrogen) atoms. The number of benzene rings is 1. The molecule has 3 rings (SSSR count). The molecule has 1 aromatic rings. The first kappa shape index (κ1) is 7.13. The molecular formula is C11H11NO. The topological polar surface area (TPSA) is 20.3 Å². The van der Waals surface area contributed by atoms with Crippen LogP contribution in [0.3, 0.4) is 0 Å². The number of amides is 1. The molecule has 0 saturated heterocycles. The van der Waals surface area contributed by atoms with Crippen molar-refractivity contribution in [2.24, 2.45) is 0 Å². The van der Waals surface area contributed by atoms with Gasteiger partial charge in [0.15, 0.2) is 0 Å². The zero-order valence-electron chi connectivity index (χ0n) is 7.36. The highest BCUT2D eigenvalue weighted by atomic mass is 16.1. The molecule has 1 amide bonds. The SMILES string of the molecule is O=CN1CC2(CC2)c2ccccc21. The van der Waals surface area contributed by atoms with Crippen LogP contribution in [-0.2, 0) is 10.2 Å². The van der Waals surface area contributed by atoms with Gasteiger partial charge in [0.1, 0.15) is 0 Å². The Kier molecular flexibility index (Phi) is 1.17. The van der Waals surface area contributed by atoms with Crippen LogP contribution in [0, 0.1) is 0 Å². The molecule has 0 bridgehead atoms. The smallest absolute Gasteiger partial charge is 0.214 e. The summed E-state index contributed by atoms with van der Waals surface area (Å²) in [4.78, 5) is 12.6.